The number of nitrogens with two attached hydrogens (primary N) is 2. The summed E-state index contributed by atoms with van der Waals surface area (Å²) in [6, 6.07) is 0.198. The van der Waals surface area contributed by atoms with E-state index in [0.29, 0.717) is 6.61 Å². The Labute approximate surface area is 43.6 Å². The highest BCUT2D eigenvalue weighted by atomic mass is 16.6. The molecule has 0 fully saturated rings. The lowest BCUT2D eigenvalue weighted by molar-refractivity contribution is 0.131. The van der Waals surface area contributed by atoms with Crippen molar-refractivity contribution in [3.8, 4) is 0 Å². The minimum atomic E-state index is 0.198. The zero-order chi connectivity index (χ0) is 5.70. The number of rotatable bonds is 3. The van der Waals surface area contributed by atoms with E-state index in [1.165, 1.54) is 0 Å². The molecule has 0 rings (SSSR count). The number of hydrogen-bond acceptors (Lipinski definition) is 3. The van der Waals surface area contributed by atoms with E-state index in [1.54, 1.807) is 0 Å². The molecule has 0 spiro atoms. The van der Waals surface area contributed by atoms with E-state index in [9.17, 15) is 0 Å². The molecule has 0 heterocycles. The zero-order valence-corrected chi connectivity index (χ0v) is 4.55. The maximum Gasteiger partial charge on any atom is 0.0693 e. The van der Waals surface area contributed by atoms with Crippen molar-refractivity contribution < 1.29 is 4.84 Å². The molecular weight excluding hydrogens is 92.1 g/mol. The van der Waals surface area contributed by atoms with Crippen molar-refractivity contribution in [2.75, 3.05) is 6.61 Å². The second-order valence-corrected chi connectivity index (χ2v) is 1.64. The van der Waals surface area contributed by atoms with E-state index in [4.69, 9.17) is 11.6 Å². The fourth-order valence-electron chi connectivity index (χ4n) is 0.254. The summed E-state index contributed by atoms with van der Waals surface area (Å²) in [5, 5.41) is 0. The summed E-state index contributed by atoms with van der Waals surface area (Å²) >= 11 is 0. The maximum absolute atomic E-state index is 5.34. The van der Waals surface area contributed by atoms with Crippen LogP contribution in [0.1, 0.15) is 13.3 Å². The molecular formula is C4H12N2O. The van der Waals surface area contributed by atoms with Crippen LogP contribution in [0.15, 0.2) is 0 Å². The highest BCUT2D eigenvalue weighted by Gasteiger charge is 1.89. The zero-order valence-electron chi connectivity index (χ0n) is 4.55. The molecule has 0 saturated heterocycles. The van der Waals surface area contributed by atoms with Gasteiger partial charge in [-0.15, -0.1) is 0 Å². The van der Waals surface area contributed by atoms with Crippen LogP contribution in [0.25, 0.3) is 0 Å². The molecule has 0 aromatic carbocycles. The summed E-state index contributed by atoms with van der Waals surface area (Å²) < 4.78 is 0. The molecule has 0 aromatic heterocycles. The first-order chi connectivity index (χ1) is 3.27. The van der Waals surface area contributed by atoms with Crippen molar-refractivity contribution in [3.63, 3.8) is 0 Å². The molecule has 1 atom stereocenters. The second-order valence-electron chi connectivity index (χ2n) is 1.64. The van der Waals surface area contributed by atoms with E-state index in [0.717, 1.165) is 6.42 Å². The van der Waals surface area contributed by atoms with Crippen LogP contribution < -0.4 is 11.6 Å². The summed E-state index contributed by atoms with van der Waals surface area (Å²) in [4.78, 5) is 4.27. The molecule has 0 aromatic rings. The summed E-state index contributed by atoms with van der Waals surface area (Å²) in [7, 11) is 0. The SMILES string of the molecule is CC(N)CCON. The fourth-order valence-corrected chi connectivity index (χ4v) is 0.254. The molecule has 3 heteroatoms. The van der Waals surface area contributed by atoms with Gasteiger partial charge in [0.15, 0.2) is 0 Å². The van der Waals surface area contributed by atoms with Crippen LogP contribution in [-0.4, -0.2) is 12.6 Å². The van der Waals surface area contributed by atoms with Gasteiger partial charge in [-0.1, -0.05) is 0 Å². The van der Waals surface area contributed by atoms with E-state index in [2.05, 4.69) is 4.84 Å². The van der Waals surface area contributed by atoms with Crippen LogP contribution in [0.3, 0.4) is 0 Å². The Bertz CT molecular complexity index is 38.7. The van der Waals surface area contributed by atoms with E-state index in [-0.39, 0.29) is 6.04 Å². The summed E-state index contributed by atoms with van der Waals surface area (Å²) in [5.74, 6) is 4.72. The quantitative estimate of drug-likeness (QED) is 0.479. The van der Waals surface area contributed by atoms with Crippen LogP contribution in [0.5, 0.6) is 0 Å². The molecule has 0 saturated carbocycles. The Kier molecular flexibility index (Phi) is 3.98. The van der Waals surface area contributed by atoms with Crippen LogP contribution >= 0.6 is 0 Å². The van der Waals surface area contributed by atoms with Crippen molar-refractivity contribution >= 4 is 0 Å². The lowest BCUT2D eigenvalue weighted by atomic mass is 10.3. The van der Waals surface area contributed by atoms with Crippen LogP contribution in [-0.2, 0) is 4.84 Å². The Morgan fingerprint density at radius 1 is 1.71 bits per heavy atom. The van der Waals surface area contributed by atoms with Gasteiger partial charge in [0.25, 0.3) is 0 Å². The Balaban J connectivity index is 2.68. The lowest BCUT2D eigenvalue weighted by Crippen LogP contribution is -2.18. The molecule has 44 valence electrons. The lowest BCUT2D eigenvalue weighted by Gasteiger charge is -1.99. The summed E-state index contributed by atoms with van der Waals surface area (Å²) in [6.07, 6.45) is 0.830. The number of hydrogen-bond donors (Lipinski definition) is 2. The van der Waals surface area contributed by atoms with E-state index >= 15 is 0 Å². The van der Waals surface area contributed by atoms with Gasteiger partial charge in [-0.25, -0.2) is 5.90 Å². The third-order valence-electron chi connectivity index (χ3n) is 0.691. The average molecular weight is 104 g/mol. The molecule has 7 heavy (non-hydrogen) atoms. The standard InChI is InChI=1S/C4H12N2O/c1-4(5)2-3-7-6/h4H,2-3,5-6H2,1H3. The smallest absolute Gasteiger partial charge is 0.0693 e. The minimum Gasteiger partial charge on any atom is -0.328 e. The highest BCUT2D eigenvalue weighted by molar-refractivity contribution is 4.48. The molecule has 0 aliphatic heterocycles. The molecule has 0 aliphatic rings. The monoisotopic (exact) mass is 104 g/mol. The van der Waals surface area contributed by atoms with Crippen LogP contribution in [0.4, 0.5) is 0 Å². The van der Waals surface area contributed by atoms with Gasteiger partial charge >= 0.3 is 0 Å². The first-order valence-corrected chi connectivity index (χ1v) is 2.34. The van der Waals surface area contributed by atoms with Crippen molar-refractivity contribution in [2.45, 2.75) is 19.4 Å². The summed E-state index contributed by atoms with van der Waals surface area (Å²) in [5.41, 5.74) is 5.34. The van der Waals surface area contributed by atoms with Gasteiger partial charge in [-0.3, -0.25) is 0 Å². The molecule has 3 nitrogen and oxygen atoms in total. The largest absolute Gasteiger partial charge is 0.328 e. The van der Waals surface area contributed by atoms with Crippen LogP contribution in [0.2, 0.25) is 0 Å². The van der Waals surface area contributed by atoms with Crippen molar-refractivity contribution in [2.24, 2.45) is 11.6 Å². The third kappa shape index (κ3) is 5.88. The van der Waals surface area contributed by atoms with Crippen molar-refractivity contribution in [1.82, 2.24) is 0 Å². The van der Waals surface area contributed by atoms with Gasteiger partial charge in [0, 0.05) is 6.04 Å². The normalized spacial score (nSPS) is 14.1. The second kappa shape index (κ2) is 4.05. The summed E-state index contributed by atoms with van der Waals surface area (Å²) in [6.45, 7) is 2.47. The molecule has 1 unspecified atom stereocenters. The minimum absolute atomic E-state index is 0.198. The maximum atomic E-state index is 5.34. The molecule has 0 bridgehead atoms. The van der Waals surface area contributed by atoms with Gasteiger partial charge in [-0.2, -0.15) is 0 Å². The molecule has 4 N–H and O–H groups in total. The fraction of sp³-hybridized carbons (Fsp3) is 1.00. The predicted molar refractivity (Wildman–Crippen MR) is 28.4 cm³/mol. The van der Waals surface area contributed by atoms with Gasteiger partial charge in [0.2, 0.25) is 0 Å². The van der Waals surface area contributed by atoms with E-state index in [1.807, 2.05) is 6.92 Å². The Hall–Kier alpha value is -0.120. The predicted octanol–water partition coefficient (Wildman–Crippen LogP) is -0.386. The third-order valence-corrected chi connectivity index (χ3v) is 0.691. The molecule has 0 aliphatic carbocycles. The Morgan fingerprint density at radius 2 is 2.29 bits per heavy atom. The first kappa shape index (κ1) is 6.88. The first-order valence-electron chi connectivity index (χ1n) is 2.34. The van der Waals surface area contributed by atoms with Crippen molar-refractivity contribution in [1.29, 1.82) is 0 Å². The van der Waals surface area contributed by atoms with Gasteiger partial charge in [0.1, 0.15) is 0 Å². The molecule has 0 amide bonds. The van der Waals surface area contributed by atoms with E-state index < -0.39 is 0 Å². The van der Waals surface area contributed by atoms with Gasteiger partial charge < -0.3 is 10.6 Å². The van der Waals surface area contributed by atoms with Gasteiger partial charge in [-0.05, 0) is 13.3 Å². The Morgan fingerprint density at radius 3 is 2.43 bits per heavy atom. The van der Waals surface area contributed by atoms with Gasteiger partial charge in [0.05, 0.1) is 6.61 Å². The topological polar surface area (TPSA) is 61.3 Å². The van der Waals surface area contributed by atoms with Crippen molar-refractivity contribution in [3.05, 3.63) is 0 Å². The average Bonchev–Trinajstić information content (AvgIpc) is 1.61. The van der Waals surface area contributed by atoms with Crippen LogP contribution in [0, 0.1) is 0 Å². The highest BCUT2D eigenvalue weighted by Crippen LogP contribution is 1.82. The molecule has 0 radical (unpaired) electrons.